The third kappa shape index (κ3) is 2.97. The molecule has 1 aromatic carbocycles. The lowest BCUT2D eigenvalue weighted by molar-refractivity contribution is 0.223. The van der Waals surface area contributed by atoms with Crippen LogP contribution in [0.15, 0.2) is 47.1 Å². The quantitative estimate of drug-likeness (QED) is 0.880. The highest BCUT2D eigenvalue weighted by molar-refractivity contribution is 9.10. The van der Waals surface area contributed by atoms with Gasteiger partial charge in [-0.25, -0.2) is 0 Å². The van der Waals surface area contributed by atoms with Gasteiger partial charge in [0.2, 0.25) is 0 Å². The molecule has 0 amide bonds. The van der Waals surface area contributed by atoms with E-state index >= 15 is 0 Å². The molecule has 2 rings (SSSR count). The third-order valence-electron chi connectivity index (χ3n) is 2.38. The summed E-state index contributed by atoms with van der Waals surface area (Å²) in [5.74, 6) is 0.664. The van der Waals surface area contributed by atoms with Gasteiger partial charge in [0.05, 0.1) is 11.4 Å². The summed E-state index contributed by atoms with van der Waals surface area (Å²) in [6, 6.07) is 11.3. The van der Waals surface area contributed by atoms with Gasteiger partial charge in [-0.3, -0.25) is 4.98 Å². The Bertz CT molecular complexity index is 502. The monoisotopic (exact) mass is 292 g/mol. The van der Waals surface area contributed by atoms with Gasteiger partial charge in [-0.05, 0) is 37.3 Å². The molecule has 0 saturated heterocycles. The Labute approximate surface area is 109 Å². The average molecular weight is 293 g/mol. The van der Waals surface area contributed by atoms with Gasteiger partial charge in [-0.1, -0.05) is 22.0 Å². The van der Waals surface area contributed by atoms with E-state index in [2.05, 4.69) is 20.9 Å². The number of pyridine rings is 1. The summed E-state index contributed by atoms with van der Waals surface area (Å²) in [7, 11) is 0. The fraction of sp³-hybridized carbons (Fsp3) is 0.154. The van der Waals surface area contributed by atoms with Gasteiger partial charge in [0.15, 0.2) is 0 Å². The van der Waals surface area contributed by atoms with Crippen LogP contribution in [0.4, 0.5) is 5.69 Å². The van der Waals surface area contributed by atoms with Crippen molar-refractivity contribution in [2.75, 3.05) is 5.73 Å². The van der Waals surface area contributed by atoms with E-state index in [1.165, 1.54) is 0 Å². The second-order valence-electron chi connectivity index (χ2n) is 3.70. The zero-order valence-corrected chi connectivity index (χ0v) is 11.0. The van der Waals surface area contributed by atoms with Crippen LogP contribution in [0.25, 0.3) is 0 Å². The van der Waals surface area contributed by atoms with Crippen LogP contribution >= 0.6 is 15.9 Å². The predicted molar refractivity (Wildman–Crippen MR) is 71.8 cm³/mol. The Morgan fingerprint density at radius 2 is 2.12 bits per heavy atom. The fourth-order valence-corrected chi connectivity index (χ4v) is 1.82. The number of nitrogens with zero attached hydrogens (tertiary/aromatic N) is 1. The van der Waals surface area contributed by atoms with Gasteiger partial charge in [0.1, 0.15) is 11.9 Å². The average Bonchev–Trinajstić information content (AvgIpc) is 2.35. The summed E-state index contributed by atoms with van der Waals surface area (Å²) >= 11 is 3.39. The standard InChI is InChI=1S/C13H13BrN2O/c1-9(12-4-2-3-7-16-12)17-13-8-10(14)5-6-11(13)15/h2-9H,15H2,1H3/t9-/m0/s1. The second-order valence-corrected chi connectivity index (χ2v) is 4.61. The third-order valence-corrected chi connectivity index (χ3v) is 2.88. The minimum Gasteiger partial charge on any atom is -0.482 e. The van der Waals surface area contributed by atoms with Crippen LogP contribution in [0.3, 0.4) is 0 Å². The molecule has 0 unspecified atom stereocenters. The molecule has 0 fully saturated rings. The number of rotatable bonds is 3. The molecule has 0 saturated carbocycles. The van der Waals surface area contributed by atoms with Crippen molar-refractivity contribution in [2.45, 2.75) is 13.0 Å². The van der Waals surface area contributed by atoms with Crippen molar-refractivity contribution in [2.24, 2.45) is 0 Å². The number of ether oxygens (including phenoxy) is 1. The molecule has 4 heteroatoms. The van der Waals surface area contributed by atoms with Crippen LogP contribution in [0.1, 0.15) is 18.7 Å². The summed E-state index contributed by atoms with van der Waals surface area (Å²) in [5, 5.41) is 0. The van der Waals surface area contributed by atoms with Crippen molar-refractivity contribution in [1.82, 2.24) is 4.98 Å². The van der Waals surface area contributed by atoms with E-state index in [1.54, 1.807) is 6.20 Å². The van der Waals surface area contributed by atoms with Gasteiger partial charge >= 0.3 is 0 Å². The molecule has 0 radical (unpaired) electrons. The molecule has 0 bridgehead atoms. The first-order valence-corrected chi connectivity index (χ1v) is 6.09. The molecule has 2 N–H and O–H groups in total. The molecule has 1 aromatic heterocycles. The molecule has 17 heavy (non-hydrogen) atoms. The van der Waals surface area contributed by atoms with Crippen molar-refractivity contribution in [3.05, 3.63) is 52.8 Å². The summed E-state index contributed by atoms with van der Waals surface area (Å²) in [4.78, 5) is 4.25. The van der Waals surface area contributed by atoms with Crippen LogP contribution in [-0.4, -0.2) is 4.98 Å². The number of nitrogens with two attached hydrogens (primary N) is 1. The maximum absolute atomic E-state index is 5.85. The highest BCUT2D eigenvalue weighted by Gasteiger charge is 2.10. The van der Waals surface area contributed by atoms with Crippen molar-refractivity contribution in [3.8, 4) is 5.75 Å². The Morgan fingerprint density at radius 1 is 1.29 bits per heavy atom. The highest BCUT2D eigenvalue weighted by atomic mass is 79.9. The topological polar surface area (TPSA) is 48.1 Å². The number of benzene rings is 1. The summed E-state index contributed by atoms with van der Waals surface area (Å²) < 4.78 is 6.73. The summed E-state index contributed by atoms with van der Waals surface area (Å²) in [6.07, 6.45) is 1.62. The van der Waals surface area contributed by atoms with Crippen molar-refractivity contribution >= 4 is 21.6 Å². The van der Waals surface area contributed by atoms with Crippen LogP contribution in [0.5, 0.6) is 5.75 Å². The van der Waals surface area contributed by atoms with Crippen LogP contribution < -0.4 is 10.5 Å². The molecule has 0 spiro atoms. The maximum atomic E-state index is 5.85. The van der Waals surface area contributed by atoms with E-state index in [0.29, 0.717) is 11.4 Å². The molecular weight excluding hydrogens is 280 g/mol. The summed E-state index contributed by atoms with van der Waals surface area (Å²) in [5.41, 5.74) is 7.35. The largest absolute Gasteiger partial charge is 0.482 e. The molecule has 0 aliphatic rings. The second kappa shape index (κ2) is 5.19. The van der Waals surface area contributed by atoms with Crippen molar-refractivity contribution < 1.29 is 4.74 Å². The van der Waals surface area contributed by atoms with Gasteiger partial charge in [0.25, 0.3) is 0 Å². The van der Waals surface area contributed by atoms with E-state index in [0.717, 1.165) is 10.2 Å². The minimum absolute atomic E-state index is 0.132. The van der Waals surface area contributed by atoms with Crippen LogP contribution in [0.2, 0.25) is 0 Å². The number of hydrogen-bond donors (Lipinski definition) is 1. The Balaban J connectivity index is 2.18. The fourth-order valence-electron chi connectivity index (χ4n) is 1.48. The molecule has 3 nitrogen and oxygen atoms in total. The van der Waals surface area contributed by atoms with Gasteiger partial charge in [-0.2, -0.15) is 0 Å². The van der Waals surface area contributed by atoms with Crippen molar-refractivity contribution in [1.29, 1.82) is 0 Å². The SMILES string of the molecule is C[C@H](Oc1cc(Br)ccc1N)c1ccccn1. The number of anilines is 1. The lowest BCUT2D eigenvalue weighted by atomic mass is 10.2. The Morgan fingerprint density at radius 3 is 2.82 bits per heavy atom. The van der Waals surface area contributed by atoms with Gasteiger partial charge in [-0.15, -0.1) is 0 Å². The van der Waals surface area contributed by atoms with Gasteiger partial charge in [0, 0.05) is 10.7 Å². The number of aromatic nitrogens is 1. The van der Waals surface area contributed by atoms with Gasteiger partial charge < -0.3 is 10.5 Å². The lowest BCUT2D eigenvalue weighted by Crippen LogP contribution is -2.06. The Kier molecular flexibility index (Phi) is 3.64. The van der Waals surface area contributed by atoms with E-state index in [9.17, 15) is 0 Å². The first-order chi connectivity index (χ1) is 8.16. The zero-order chi connectivity index (χ0) is 12.3. The maximum Gasteiger partial charge on any atom is 0.144 e. The zero-order valence-electron chi connectivity index (χ0n) is 9.43. The number of nitrogen functional groups attached to an aromatic ring is 1. The number of hydrogen-bond acceptors (Lipinski definition) is 3. The molecule has 88 valence electrons. The molecule has 0 aliphatic heterocycles. The van der Waals surface area contributed by atoms with E-state index in [4.69, 9.17) is 10.5 Å². The van der Waals surface area contributed by atoms with Crippen molar-refractivity contribution in [3.63, 3.8) is 0 Å². The van der Waals surface area contributed by atoms with E-state index < -0.39 is 0 Å². The minimum atomic E-state index is -0.132. The first kappa shape index (κ1) is 11.9. The molecule has 1 atom stereocenters. The highest BCUT2D eigenvalue weighted by Crippen LogP contribution is 2.29. The molecular formula is C13H13BrN2O. The van der Waals surface area contributed by atoms with E-state index in [1.807, 2.05) is 43.3 Å². The first-order valence-electron chi connectivity index (χ1n) is 5.29. The molecule has 1 heterocycles. The summed E-state index contributed by atoms with van der Waals surface area (Å²) in [6.45, 7) is 1.95. The number of halogens is 1. The lowest BCUT2D eigenvalue weighted by Gasteiger charge is -2.15. The van der Waals surface area contributed by atoms with E-state index in [-0.39, 0.29) is 6.10 Å². The molecule has 0 aliphatic carbocycles. The van der Waals surface area contributed by atoms with Crippen LogP contribution in [-0.2, 0) is 0 Å². The van der Waals surface area contributed by atoms with Crippen LogP contribution in [0, 0.1) is 0 Å². The predicted octanol–water partition coefficient (Wildman–Crippen LogP) is 3.57. The Hall–Kier alpha value is -1.55. The smallest absolute Gasteiger partial charge is 0.144 e. The normalized spacial score (nSPS) is 12.1. The molecule has 2 aromatic rings.